The number of aryl methyl sites for hydroxylation is 2. The standard InChI is InChI=1S/C17H17F3N2O3S/c1-12-2-4-14(5-3-12)26(24,25)22-9-7-13-6-8-16(11-21-23,10-15(13)22)17(18,19)20/h2-5,7,9,11,23H,6,8,10H2,1H3. The van der Waals surface area contributed by atoms with Gasteiger partial charge < -0.3 is 5.21 Å². The van der Waals surface area contributed by atoms with Crippen molar-refractivity contribution in [2.45, 2.75) is 37.3 Å². The Bertz CT molecular complexity index is 947. The number of hydrogen-bond donors (Lipinski definition) is 1. The monoisotopic (exact) mass is 386 g/mol. The van der Waals surface area contributed by atoms with E-state index in [0.29, 0.717) is 11.8 Å². The van der Waals surface area contributed by atoms with Gasteiger partial charge in [-0.25, -0.2) is 12.4 Å². The predicted octanol–water partition coefficient (Wildman–Crippen LogP) is 3.53. The van der Waals surface area contributed by atoms with Crippen molar-refractivity contribution in [3.05, 3.63) is 53.3 Å². The lowest BCUT2D eigenvalue weighted by Crippen LogP contribution is -2.44. The summed E-state index contributed by atoms with van der Waals surface area (Å²) in [6.07, 6.45) is -3.79. The van der Waals surface area contributed by atoms with Crippen LogP contribution in [-0.2, 0) is 22.9 Å². The Morgan fingerprint density at radius 3 is 2.46 bits per heavy atom. The van der Waals surface area contributed by atoms with Crippen LogP contribution in [0.25, 0.3) is 0 Å². The number of alkyl halides is 3. The van der Waals surface area contributed by atoms with Crippen LogP contribution in [0.3, 0.4) is 0 Å². The van der Waals surface area contributed by atoms with Gasteiger partial charge in [0.1, 0.15) is 5.41 Å². The molecule has 1 aromatic carbocycles. The molecule has 1 N–H and O–H groups in total. The highest BCUT2D eigenvalue weighted by Crippen LogP contribution is 2.47. The molecule has 0 saturated heterocycles. The van der Waals surface area contributed by atoms with E-state index in [4.69, 9.17) is 5.21 Å². The van der Waals surface area contributed by atoms with Crippen LogP contribution in [0.15, 0.2) is 46.6 Å². The Morgan fingerprint density at radius 1 is 1.23 bits per heavy atom. The van der Waals surface area contributed by atoms with Crippen LogP contribution in [-0.4, -0.2) is 30.0 Å². The zero-order valence-electron chi connectivity index (χ0n) is 13.9. The molecule has 1 aromatic heterocycles. The number of aromatic nitrogens is 1. The highest BCUT2D eigenvalue weighted by Gasteiger charge is 2.56. The first-order valence-corrected chi connectivity index (χ1v) is 9.31. The maximum Gasteiger partial charge on any atom is 0.399 e. The number of fused-ring (bicyclic) bond motifs is 1. The summed E-state index contributed by atoms with van der Waals surface area (Å²) in [5.41, 5.74) is -0.914. The van der Waals surface area contributed by atoms with Gasteiger partial charge in [0.05, 0.1) is 11.1 Å². The number of halogens is 3. The number of hydrogen-bond acceptors (Lipinski definition) is 4. The number of benzene rings is 1. The molecular formula is C17H17F3N2O3S. The fourth-order valence-corrected chi connectivity index (χ4v) is 4.63. The van der Waals surface area contributed by atoms with Gasteiger partial charge in [-0.1, -0.05) is 17.7 Å². The van der Waals surface area contributed by atoms with Gasteiger partial charge in [0.25, 0.3) is 10.0 Å². The summed E-state index contributed by atoms with van der Waals surface area (Å²) in [5, 5.41) is 11.3. The van der Waals surface area contributed by atoms with Crippen LogP contribution in [0, 0.1) is 12.3 Å². The Kier molecular flexibility index (Phi) is 4.38. The van der Waals surface area contributed by atoms with Crippen molar-refractivity contribution in [3.8, 4) is 0 Å². The topological polar surface area (TPSA) is 71.7 Å². The van der Waals surface area contributed by atoms with E-state index >= 15 is 0 Å². The molecule has 0 fully saturated rings. The lowest BCUT2D eigenvalue weighted by atomic mass is 9.74. The van der Waals surface area contributed by atoms with Gasteiger partial charge in [-0.3, -0.25) is 0 Å². The highest BCUT2D eigenvalue weighted by molar-refractivity contribution is 7.90. The molecule has 5 nitrogen and oxygen atoms in total. The summed E-state index contributed by atoms with van der Waals surface area (Å²) in [5.74, 6) is 0. The first kappa shape index (κ1) is 18.5. The number of nitrogens with zero attached hydrogens (tertiary/aromatic N) is 2. The molecule has 3 rings (SSSR count). The van der Waals surface area contributed by atoms with Crippen LogP contribution in [0.4, 0.5) is 13.2 Å². The van der Waals surface area contributed by atoms with Crippen molar-refractivity contribution in [1.29, 1.82) is 0 Å². The third-order valence-electron chi connectivity index (χ3n) is 4.82. The van der Waals surface area contributed by atoms with Crippen LogP contribution in [0.1, 0.15) is 23.2 Å². The molecule has 2 aromatic rings. The Hall–Kier alpha value is -2.29. The van der Waals surface area contributed by atoms with Crippen molar-refractivity contribution in [2.24, 2.45) is 10.6 Å². The minimum atomic E-state index is -4.67. The van der Waals surface area contributed by atoms with Crippen LogP contribution < -0.4 is 0 Å². The van der Waals surface area contributed by atoms with E-state index in [1.165, 1.54) is 24.4 Å². The summed E-state index contributed by atoms with van der Waals surface area (Å²) in [6.45, 7) is 1.81. The summed E-state index contributed by atoms with van der Waals surface area (Å²) < 4.78 is 67.5. The predicted molar refractivity (Wildman–Crippen MR) is 89.0 cm³/mol. The van der Waals surface area contributed by atoms with E-state index in [2.05, 4.69) is 5.16 Å². The smallest absolute Gasteiger partial charge is 0.399 e. The maximum absolute atomic E-state index is 13.6. The minimum Gasteiger partial charge on any atom is -0.411 e. The number of oxime groups is 1. The molecule has 0 radical (unpaired) electrons. The van der Waals surface area contributed by atoms with E-state index in [9.17, 15) is 21.6 Å². The Balaban J connectivity index is 2.10. The van der Waals surface area contributed by atoms with E-state index in [1.54, 1.807) is 19.1 Å². The van der Waals surface area contributed by atoms with E-state index in [0.717, 1.165) is 9.54 Å². The van der Waals surface area contributed by atoms with Crippen LogP contribution in [0.5, 0.6) is 0 Å². The average Bonchev–Trinajstić information content (AvgIpc) is 2.98. The highest BCUT2D eigenvalue weighted by atomic mass is 32.2. The average molecular weight is 386 g/mol. The van der Waals surface area contributed by atoms with Crippen molar-refractivity contribution in [2.75, 3.05) is 0 Å². The van der Waals surface area contributed by atoms with Gasteiger partial charge >= 0.3 is 6.18 Å². The van der Waals surface area contributed by atoms with Crippen LogP contribution in [0.2, 0.25) is 0 Å². The van der Waals surface area contributed by atoms with Crippen molar-refractivity contribution in [1.82, 2.24) is 3.97 Å². The quantitative estimate of drug-likeness (QED) is 0.498. The molecule has 1 aliphatic rings. The first-order chi connectivity index (χ1) is 12.1. The van der Waals surface area contributed by atoms with E-state index in [-0.39, 0.29) is 23.4 Å². The second-order valence-electron chi connectivity index (χ2n) is 6.48. The molecule has 0 amide bonds. The molecule has 26 heavy (non-hydrogen) atoms. The van der Waals surface area contributed by atoms with Crippen molar-refractivity contribution in [3.63, 3.8) is 0 Å². The minimum absolute atomic E-state index is 0.000470. The fourth-order valence-electron chi connectivity index (χ4n) is 3.23. The summed E-state index contributed by atoms with van der Waals surface area (Å²) >= 11 is 0. The molecule has 1 heterocycles. The van der Waals surface area contributed by atoms with Crippen molar-refractivity contribution >= 4 is 16.2 Å². The second kappa shape index (κ2) is 6.15. The third kappa shape index (κ3) is 2.90. The lowest BCUT2D eigenvalue weighted by Gasteiger charge is -2.35. The molecule has 0 saturated carbocycles. The van der Waals surface area contributed by atoms with Gasteiger partial charge in [0, 0.05) is 18.3 Å². The van der Waals surface area contributed by atoms with Gasteiger partial charge in [0.15, 0.2) is 0 Å². The van der Waals surface area contributed by atoms with Gasteiger partial charge in [-0.05, 0) is 43.5 Å². The zero-order valence-corrected chi connectivity index (χ0v) is 14.7. The largest absolute Gasteiger partial charge is 0.411 e. The Labute approximate surface area is 148 Å². The normalized spacial score (nSPS) is 21.1. The molecule has 9 heteroatoms. The molecule has 0 aliphatic heterocycles. The summed E-state index contributed by atoms with van der Waals surface area (Å²) in [7, 11) is -4.02. The van der Waals surface area contributed by atoms with E-state index < -0.39 is 28.0 Å². The van der Waals surface area contributed by atoms with E-state index in [1.807, 2.05) is 0 Å². The molecular weight excluding hydrogens is 369 g/mol. The van der Waals surface area contributed by atoms with Crippen LogP contribution >= 0.6 is 0 Å². The first-order valence-electron chi connectivity index (χ1n) is 7.87. The lowest BCUT2D eigenvalue weighted by molar-refractivity contribution is -0.200. The second-order valence-corrected chi connectivity index (χ2v) is 8.29. The maximum atomic E-state index is 13.6. The van der Waals surface area contributed by atoms with Gasteiger partial charge in [-0.2, -0.15) is 13.2 Å². The van der Waals surface area contributed by atoms with Gasteiger partial charge in [0.2, 0.25) is 0 Å². The molecule has 0 bridgehead atoms. The molecule has 1 atom stereocenters. The molecule has 0 spiro atoms. The fraction of sp³-hybridized carbons (Fsp3) is 0.353. The third-order valence-corrected chi connectivity index (χ3v) is 6.55. The number of rotatable bonds is 3. The molecule has 140 valence electrons. The van der Waals surface area contributed by atoms with Crippen molar-refractivity contribution < 1.29 is 26.8 Å². The SMILES string of the molecule is Cc1ccc(S(=O)(=O)n2ccc3c2CC(C=NO)(C(F)(F)F)CC3)cc1. The van der Waals surface area contributed by atoms with Gasteiger partial charge in [-0.15, -0.1) is 5.16 Å². The molecule has 1 aliphatic carbocycles. The summed E-state index contributed by atoms with van der Waals surface area (Å²) in [4.78, 5) is 0.000470. The summed E-state index contributed by atoms with van der Waals surface area (Å²) in [6, 6.07) is 7.62. The Morgan fingerprint density at radius 2 is 1.88 bits per heavy atom. The zero-order chi connectivity index (χ0) is 19.2. The molecule has 1 unspecified atom stereocenters.